The van der Waals surface area contributed by atoms with Crippen LogP contribution in [0.3, 0.4) is 0 Å². The molecule has 0 fully saturated rings. The van der Waals surface area contributed by atoms with Gasteiger partial charge in [-0.25, -0.2) is 9.87 Å². The standard InChI is InChI=1S/C8H10FNO2/c1-12-8-3-2-6(5-10-11)4-7(8)9/h2-4,10-11H,5H2,1H3. The van der Waals surface area contributed by atoms with Gasteiger partial charge in [0.25, 0.3) is 0 Å². The molecule has 0 heterocycles. The number of halogens is 1. The molecule has 66 valence electrons. The highest BCUT2D eigenvalue weighted by molar-refractivity contribution is 5.29. The largest absolute Gasteiger partial charge is 0.494 e. The second kappa shape index (κ2) is 4.04. The maximum Gasteiger partial charge on any atom is 0.165 e. The van der Waals surface area contributed by atoms with Crippen LogP contribution in [0.4, 0.5) is 4.39 Å². The van der Waals surface area contributed by atoms with E-state index in [0.717, 1.165) is 0 Å². The summed E-state index contributed by atoms with van der Waals surface area (Å²) in [6, 6.07) is 4.50. The molecule has 0 saturated carbocycles. The molecular formula is C8H10FNO2. The van der Waals surface area contributed by atoms with E-state index in [1.807, 2.05) is 5.48 Å². The quantitative estimate of drug-likeness (QED) is 0.674. The Kier molecular flexibility index (Phi) is 3.01. The van der Waals surface area contributed by atoms with Gasteiger partial charge in [0.1, 0.15) is 0 Å². The van der Waals surface area contributed by atoms with Crippen LogP contribution in [-0.2, 0) is 6.54 Å². The number of methoxy groups -OCH3 is 1. The van der Waals surface area contributed by atoms with E-state index in [2.05, 4.69) is 0 Å². The molecule has 4 heteroatoms. The zero-order valence-corrected chi connectivity index (χ0v) is 6.67. The second-order valence-electron chi connectivity index (χ2n) is 2.30. The van der Waals surface area contributed by atoms with Gasteiger partial charge in [-0.1, -0.05) is 6.07 Å². The summed E-state index contributed by atoms with van der Waals surface area (Å²) in [5, 5.41) is 8.33. The SMILES string of the molecule is COc1ccc(CNO)cc1F. The molecule has 0 aliphatic heterocycles. The number of benzene rings is 1. The molecular weight excluding hydrogens is 161 g/mol. The van der Waals surface area contributed by atoms with Crippen molar-refractivity contribution in [2.24, 2.45) is 0 Å². The van der Waals surface area contributed by atoms with E-state index in [1.54, 1.807) is 6.07 Å². The number of hydrogen-bond donors (Lipinski definition) is 2. The van der Waals surface area contributed by atoms with Crippen LogP contribution < -0.4 is 10.2 Å². The highest BCUT2D eigenvalue weighted by atomic mass is 19.1. The molecule has 0 aliphatic rings. The third-order valence-electron chi connectivity index (χ3n) is 1.50. The van der Waals surface area contributed by atoms with Gasteiger partial charge in [0.15, 0.2) is 11.6 Å². The van der Waals surface area contributed by atoms with E-state index >= 15 is 0 Å². The molecule has 1 aromatic carbocycles. The average molecular weight is 171 g/mol. The number of nitrogens with one attached hydrogen (secondary N) is 1. The summed E-state index contributed by atoms with van der Waals surface area (Å²) in [5.41, 5.74) is 2.60. The Morgan fingerprint density at radius 2 is 2.33 bits per heavy atom. The number of rotatable bonds is 3. The van der Waals surface area contributed by atoms with Crippen molar-refractivity contribution in [1.29, 1.82) is 0 Å². The predicted molar refractivity (Wildman–Crippen MR) is 41.6 cm³/mol. The van der Waals surface area contributed by atoms with Crippen molar-refractivity contribution in [3.63, 3.8) is 0 Å². The van der Waals surface area contributed by atoms with E-state index in [0.29, 0.717) is 5.56 Å². The maximum absolute atomic E-state index is 12.9. The summed E-state index contributed by atoms with van der Waals surface area (Å²) in [5.74, 6) is -0.220. The molecule has 1 aromatic rings. The lowest BCUT2D eigenvalue weighted by Gasteiger charge is -2.03. The second-order valence-corrected chi connectivity index (χ2v) is 2.30. The lowest BCUT2D eigenvalue weighted by Crippen LogP contribution is -2.06. The van der Waals surface area contributed by atoms with Gasteiger partial charge in [-0.05, 0) is 17.7 Å². The van der Waals surface area contributed by atoms with Crippen LogP contribution in [0.15, 0.2) is 18.2 Å². The number of ether oxygens (including phenoxy) is 1. The molecule has 2 N–H and O–H groups in total. The monoisotopic (exact) mass is 171 g/mol. The first kappa shape index (κ1) is 8.96. The fourth-order valence-corrected chi connectivity index (χ4v) is 0.911. The molecule has 12 heavy (non-hydrogen) atoms. The van der Waals surface area contributed by atoms with E-state index in [1.165, 1.54) is 19.2 Å². The van der Waals surface area contributed by atoms with Gasteiger partial charge in [-0.15, -0.1) is 0 Å². The van der Waals surface area contributed by atoms with Crippen molar-refractivity contribution in [1.82, 2.24) is 5.48 Å². The van der Waals surface area contributed by atoms with Crippen LogP contribution in [0.25, 0.3) is 0 Å². The minimum atomic E-state index is -0.426. The first-order chi connectivity index (χ1) is 5.77. The molecule has 0 amide bonds. The Bertz CT molecular complexity index is 265. The zero-order valence-electron chi connectivity index (χ0n) is 6.67. The highest BCUT2D eigenvalue weighted by Crippen LogP contribution is 2.17. The summed E-state index contributed by atoms with van der Waals surface area (Å²) < 4.78 is 17.7. The molecule has 0 unspecified atom stereocenters. The van der Waals surface area contributed by atoms with Crippen LogP contribution in [0, 0.1) is 5.82 Å². The van der Waals surface area contributed by atoms with Gasteiger partial charge in [0.05, 0.1) is 7.11 Å². The summed E-state index contributed by atoms with van der Waals surface area (Å²) >= 11 is 0. The summed E-state index contributed by atoms with van der Waals surface area (Å²) in [7, 11) is 1.41. The van der Waals surface area contributed by atoms with Crippen LogP contribution >= 0.6 is 0 Å². The van der Waals surface area contributed by atoms with Crippen molar-refractivity contribution in [2.45, 2.75) is 6.54 Å². The molecule has 0 aromatic heterocycles. The third kappa shape index (κ3) is 1.93. The van der Waals surface area contributed by atoms with Crippen molar-refractivity contribution in [3.8, 4) is 5.75 Å². The Balaban J connectivity index is 2.86. The molecule has 0 spiro atoms. The van der Waals surface area contributed by atoms with Crippen molar-refractivity contribution in [2.75, 3.05) is 7.11 Å². The van der Waals surface area contributed by atoms with Crippen LogP contribution in [0.2, 0.25) is 0 Å². The van der Waals surface area contributed by atoms with Gasteiger partial charge in [0, 0.05) is 6.54 Å². The minimum absolute atomic E-state index is 0.205. The highest BCUT2D eigenvalue weighted by Gasteiger charge is 2.01. The van der Waals surface area contributed by atoms with Gasteiger partial charge in [-0.3, -0.25) is 0 Å². The average Bonchev–Trinajstić information content (AvgIpc) is 2.05. The number of hydroxylamine groups is 1. The van der Waals surface area contributed by atoms with Crippen LogP contribution in [-0.4, -0.2) is 12.3 Å². The Hall–Kier alpha value is -1.13. The lowest BCUT2D eigenvalue weighted by atomic mass is 10.2. The van der Waals surface area contributed by atoms with Crippen LogP contribution in [0.1, 0.15) is 5.56 Å². The van der Waals surface area contributed by atoms with Crippen molar-refractivity contribution in [3.05, 3.63) is 29.6 Å². The smallest absolute Gasteiger partial charge is 0.165 e. The van der Waals surface area contributed by atoms with Crippen molar-refractivity contribution < 1.29 is 14.3 Å². The fourth-order valence-electron chi connectivity index (χ4n) is 0.911. The van der Waals surface area contributed by atoms with E-state index in [9.17, 15) is 4.39 Å². The van der Waals surface area contributed by atoms with E-state index in [-0.39, 0.29) is 12.3 Å². The topological polar surface area (TPSA) is 41.5 Å². The molecule has 0 radical (unpaired) electrons. The summed E-state index contributed by atoms with van der Waals surface area (Å²) in [4.78, 5) is 0. The summed E-state index contributed by atoms with van der Waals surface area (Å²) in [6.45, 7) is 0.223. The molecule has 0 aliphatic carbocycles. The molecule has 3 nitrogen and oxygen atoms in total. The zero-order chi connectivity index (χ0) is 8.97. The molecule has 0 bridgehead atoms. The van der Waals surface area contributed by atoms with Crippen molar-refractivity contribution >= 4 is 0 Å². The summed E-state index contributed by atoms with van der Waals surface area (Å²) in [6.07, 6.45) is 0. The van der Waals surface area contributed by atoms with Gasteiger partial charge >= 0.3 is 0 Å². The molecule has 1 rings (SSSR count). The Morgan fingerprint density at radius 1 is 1.58 bits per heavy atom. The predicted octanol–water partition coefficient (Wildman–Crippen LogP) is 1.31. The lowest BCUT2D eigenvalue weighted by molar-refractivity contribution is 0.161. The maximum atomic E-state index is 12.9. The van der Waals surface area contributed by atoms with E-state index in [4.69, 9.17) is 9.94 Å². The molecule has 0 saturated heterocycles. The number of hydrogen-bond acceptors (Lipinski definition) is 3. The van der Waals surface area contributed by atoms with Gasteiger partial charge in [-0.2, -0.15) is 0 Å². The normalized spacial score (nSPS) is 9.92. The van der Waals surface area contributed by atoms with E-state index < -0.39 is 5.82 Å². The van der Waals surface area contributed by atoms with Gasteiger partial charge in [0.2, 0.25) is 0 Å². The Morgan fingerprint density at radius 3 is 2.83 bits per heavy atom. The fraction of sp³-hybridized carbons (Fsp3) is 0.250. The first-order valence-corrected chi connectivity index (χ1v) is 3.47. The van der Waals surface area contributed by atoms with Gasteiger partial charge < -0.3 is 9.94 Å². The Labute approximate surface area is 69.7 Å². The third-order valence-corrected chi connectivity index (χ3v) is 1.50. The van der Waals surface area contributed by atoms with Crippen LogP contribution in [0.5, 0.6) is 5.75 Å². The molecule has 0 atom stereocenters. The minimum Gasteiger partial charge on any atom is -0.494 e. The first-order valence-electron chi connectivity index (χ1n) is 3.47.